The minimum absolute atomic E-state index is 0.709. The van der Waals surface area contributed by atoms with E-state index in [0.29, 0.717) is 5.76 Å². The van der Waals surface area contributed by atoms with Gasteiger partial charge in [0.25, 0.3) is 0 Å². The van der Waals surface area contributed by atoms with Crippen molar-refractivity contribution < 1.29 is 4.42 Å². The van der Waals surface area contributed by atoms with Crippen LogP contribution in [0.4, 0.5) is 0 Å². The summed E-state index contributed by atoms with van der Waals surface area (Å²) < 4.78 is 7.83. The molecule has 0 unspecified atom stereocenters. The second-order valence-corrected chi connectivity index (χ2v) is 5.88. The number of aromatic nitrogens is 3. The Morgan fingerprint density at radius 2 is 2.04 bits per heavy atom. The minimum atomic E-state index is 0.709. The number of para-hydroxylation sites is 1. The molecule has 0 fully saturated rings. The summed E-state index contributed by atoms with van der Waals surface area (Å²) >= 11 is 0. The molecule has 4 aromatic rings. The fraction of sp³-hybridized carbons (Fsp3) is 0.263. The molecule has 0 aliphatic rings. The summed E-state index contributed by atoms with van der Waals surface area (Å²) in [6, 6.07) is 10.7. The fourth-order valence-electron chi connectivity index (χ4n) is 3.29. The summed E-state index contributed by atoms with van der Waals surface area (Å²) in [5.74, 6) is 0.709. The number of rotatable bonds is 4. The lowest BCUT2D eigenvalue weighted by Crippen LogP contribution is -1.99. The van der Waals surface area contributed by atoms with E-state index in [-0.39, 0.29) is 0 Å². The third-order valence-corrected chi connectivity index (χ3v) is 4.34. The minimum Gasteiger partial charge on any atom is -0.442 e. The maximum atomic E-state index is 5.43. The molecule has 0 amide bonds. The summed E-state index contributed by atoms with van der Waals surface area (Å²) in [6.45, 7) is 5.31. The highest BCUT2D eigenvalue weighted by Gasteiger charge is 2.15. The molecule has 3 heterocycles. The van der Waals surface area contributed by atoms with Crippen LogP contribution in [0, 0.1) is 6.92 Å². The monoisotopic (exact) mass is 305 g/mol. The van der Waals surface area contributed by atoms with Crippen LogP contribution in [0.15, 0.2) is 47.3 Å². The second-order valence-electron chi connectivity index (χ2n) is 5.88. The molecule has 0 bridgehead atoms. The zero-order valence-corrected chi connectivity index (χ0v) is 13.4. The van der Waals surface area contributed by atoms with E-state index in [1.807, 2.05) is 0 Å². The lowest BCUT2D eigenvalue weighted by Gasteiger charge is -2.08. The number of pyridine rings is 1. The number of hydrogen-bond acceptors (Lipinski definition) is 3. The molecular weight excluding hydrogens is 286 g/mol. The topological polar surface area (TPSA) is 43.9 Å². The Balaban J connectivity index is 2.04. The van der Waals surface area contributed by atoms with Gasteiger partial charge in [-0.3, -0.25) is 0 Å². The normalized spacial score (nSPS) is 11.6. The van der Waals surface area contributed by atoms with Crippen molar-refractivity contribution in [3.63, 3.8) is 0 Å². The summed E-state index contributed by atoms with van der Waals surface area (Å²) in [5, 5.41) is 2.50. The molecule has 3 aromatic heterocycles. The van der Waals surface area contributed by atoms with Crippen molar-refractivity contribution in [2.45, 2.75) is 33.2 Å². The van der Waals surface area contributed by atoms with E-state index in [1.54, 1.807) is 6.20 Å². The third-order valence-electron chi connectivity index (χ3n) is 4.34. The Morgan fingerprint density at radius 1 is 1.17 bits per heavy atom. The third kappa shape index (κ3) is 2.22. The van der Waals surface area contributed by atoms with Gasteiger partial charge in [0.15, 0.2) is 12.2 Å². The first kappa shape index (κ1) is 14.0. The van der Waals surface area contributed by atoms with Crippen LogP contribution < -0.4 is 0 Å². The summed E-state index contributed by atoms with van der Waals surface area (Å²) in [5.41, 5.74) is 4.37. The maximum absolute atomic E-state index is 5.43. The van der Waals surface area contributed by atoms with Gasteiger partial charge in [-0.15, -0.1) is 0 Å². The predicted molar refractivity (Wildman–Crippen MR) is 92.4 cm³/mol. The standard InChI is InChI=1S/C19H19N3O/c1-3-4-9-22-17-8-6-5-7-14(17)15-10-16(18-11-20-12-23-18)21-13(2)19(15)22/h5-8,10-12H,3-4,9H2,1-2H3. The number of aryl methyl sites for hydroxylation is 2. The smallest absolute Gasteiger partial charge is 0.181 e. The van der Waals surface area contributed by atoms with Gasteiger partial charge in [0, 0.05) is 22.8 Å². The lowest BCUT2D eigenvalue weighted by atomic mass is 10.1. The van der Waals surface area contributed by atoms with Gasteiger partial charge in [-0.1, -0.05) is 31.5 Å². The molecule has 0 N–H and O–H groups in total. The number of fused-ring (bicyclic) bond motifs is 3. The molecule has 0 saturated heterocycles. The molecule has 0 radical (unpaired) electrons. The molecule has 4 nitrogen and oxygen atoms in total. The number of benzene rings is 1. The maximum Gasteiger partial charge on any atom is 0.181 e. The van der Waals surface area contributed by atoms with Crippen molar-refractivity contribution in [1.29, 1.82) is 0 Å². The van der Waals surface area contributed by atoms with Crippen molar-refractivity contribution >= 4 is 21.8 Å². The van der Waals surface area contributed by atoms with Crippen molar-refractivity contribution in [2.24, 2.45) is 0 Å². The van der Waals surface area contributed by atoms with E-state index in [2.05, 4.69) is 53.7 Å². The molecule has 23 heavy (non-hydrogen) atoms. The van der Waals surface area contributed by atoms with Crippen LogP contribution in [0.25, 0.3) is 33.3 Å². The molecule has 1 aromatic carbocycles. The highest BCUT2D eigenvalue weighted by molar-refractivity contribution is 6.09. The Morgan fingerprint density at radius 3 is 2.83 bits per heavy atom. The van der Waals surface area contributed by atoms with E-state index in [0.717, 1.165) is 24.4 Å². The average Bonchev–Trinajstić information content (AvgIpc) is 3.20. The summed E-state index contributed by atoms with van der Waals surface area (Å²) in [6.07, 6.45) is 5.50. The molecule has 0 aliphatic heterocycles. The van der Waals surface area contributed by atoms with E-state index in [4.69, 9.17) is 9.40 Å². The largest absolute Gasteiger partial charge is 0.442 e. The molecular formula is C19H19N3O. The first-order valence-electron chi connectivity index (χ1n) is 8.07. The number of unbranched alkanes of at least 4 members (excludes halogenated alkanes) is 1. The molecule has 4 rings (SSSR count). The van der Waals surface area contributed by atoms with Crippen LogP contribution in [0.5, 0.6) is 0 Å². The fourth-order valence-corrected chi connectivity index (χ4v) is 3.29. The first-order valence-corrected chi connectivity index (χ1v) is 8.07. The zero-order chi connectivity index (χ0) is 15.8. The molecule has 0 saturated carbocycles. The van der Waals surface area contributed by atoms with E-state index in [9.17, 15) is 0 Å². The van der Waals surface area contributed by atoms with Crippen molar-refractivity contribution in [2.75, 3.05) is 0 Å². The van der Waals surface area contributed by atoms with E-state index < -0.39 is 0 Å². The average molecular weight is 305 g/mol. The Kier molecular flexibility index (Phi) is 3.37. The van der Waals surface area contributed by atoms with Crippen LogP contribution in [-0.4, -0.2) is 14.5 Å². The van der Waals surface area contributed by atoms with Crippen molar-refractivity contribution in [1.82, 2.24) is 14.5 Å². The van der Waals surface area contributed by atoms with Crippen molar-refractivity contribution in [3.05, 3.63) is 48.6 Å². The van der Waals surface area contributed by atoms with Gasteiger partial charge in [0.05, 0.1) is 17.4 Å². The molecule has 0 spiro atoms. The zero-order valence-electron chi connectivity index (χ0n) is 13.4. The molecule has 0 aliphatic carbocycles. The van der Waals surface area contributed by atoms with Gasteiger partial charge in [-0.2, -0.15) is 0 Å². The van der Waals surface area contributed by atoms with Gasteiger partial charge in [-0.25, -0.2) is 9.97 Å². The van der Waals surface area contributed by atoms with Crippen LogP contribution in [0.2, 0.25) is 0 Å². The van der Waals surface area contributed by atoms with E-state index in [1.165, 1.54) is 34.6 Å². The van der Waals surface area contributed by atoms with E-state index >= 15 is 0 Å². The Bertz CT molecular complexity index is 967. The highest BCUT2D eigenvalue weighted by Crippen LogP contribution is 2.33. The number of oxazole rings is 1. The quantitative estimate of drug-likeness (QED) is 0.535. The van der Waals surface area contributed by atoms with Crippen LogP contribution in [0.3, 0.4) is 0 Å². The highest BCUT2D eigenvalue weighted by atomic mass is 16.3. The summed E-state index contributed by atoms with van der Waals surface area (Å²) in [4.78, 5) is 8.76. The molecule has 4 heteroatoms. The van der Waals surface area contributed by atoms with Gasteiger partial charge >= 0.3 is 0 Å². The molecule has 116 valence electrons. The number of hydrogen-bond donors (Lipinski definition) is 0. The van der Waals surface area contributed by atoms with Gasteiger partial charge in [0.2, 0.25) is 0 Å². The Hall–Kier alpha value is -2.62. The van der Waals surface area contributed by atoms with Crippen LogP contribution >= 0.6 is 0 Å². The van der Waals surface area contributed by atoms with Crippen LogP contribution in [-0.2, 0) is 6.54 Å². The van der Waals surface area contributed by atoms with Gasteiger partial charge in [0.1, 0.15) is 5.69 Å². The predicted octanol–water partition coefficient (Wildman–Crippen LogP) is 4.95. The van der Waals surface area contributed by atoms with Crippen LogP contribution in [0.1, 0.15) is 25.5 Å². The van der Waals surface area contributed by atoms with Gasteiger partial charge in [-0.05, 0) is 25.5 Å². The molecule has 0 atom stereocenters. The second kappa shape index (κ2) is 5.54. The van der Waals surface area contributed by atoms with Gasteiger partial charge < -0.3 is 8.98 Å². The SMILES string of the molecule is CCCCn1c2ccccc2c2cc(-c3cnco3)nc(C)c21. The lowest BCUT2D eigenvalue weighted by molar-refractivity contribution is 0.570. The first-order chi connectivity index (χ1) is 11.3. The Labute approximate surface area is 134 Å². The summed E-state index contributed by atoms with van der Waals surface area (Å²) in [7, 11) is 0. The van der Waals surface area contributed by atoms with Crippen molar-refractivity contribution in [3.8, 4) is 11.5 Å². The number of nitrogens with zero attached hydrogens (tertiary/aromatic N) is 3.